The number of halogens is 3. The molecule has 2 heterocycles. The highest BCUT2D eigenvalue weighted by atomic mass is 35.5. The molecule has 0 radical (unpaired) electrons. The van der Waals surface area contributed by atoms with Gasteiger partial charge in [0.15, 0.2) is 9.39 Å². The summed E-state index contributed by atoms with van der Waals surface area (Å²) in [7, 11) is 0. The third-order valence-electron chi connectivity index (χ3n) is 3.90. The van der Waals surface area contributed by atoms with Crippen LogP contribution in [0.1, 0.15) is 40.0 Å². The molecule has 0 aromatic rings. The van der Waals surface area contributed by atoms with Crippen molar-refractivity contribution >= 4 is 34.8 Å². The van der Waals surface area contributed by atoms with Crippen LogP contribution in [0.2, 0.25) is 0 Å². The van der Waals surface area contributed by atoms with Crippen LogP contribution in [0.5, 0.6) is 0 Å². The van der Waals surface area contributed by atoms with E-state index in [1.165, 1.54) is 0 Å². The first kappa shape index (κ1) is 15.2. The number of hydrogen-bond donors (Lipinski definition) is 0. The topological polar surface area (TPSA) is 18.5 Å². The van der Waals surface area contributed by atoms with Gasteiger partial charge in [0.2, 0.25) is 0 Å². The van der Waals surface area contributed by atoms with Crippen LogP contribution in [0.4, 0.5) is 0 Å². The second-order valence-corrected chi connectivity index (χ2v) is 8.39. The fourth-order valence-corrected chi connectivity index (χ4v) is 4.28. The maximum Gasteiger partial charge on any atom is 0.180 e. The van der Waals surface area contributed by atoms with Gasteiger partial charge in [0.05, 0.1) is 12.7 Å². The highest BCUT2D eigenvalue weighted by molar-refractivity contribution is 6.53. The normalized spacial score (nSPS) is 38.0. The largest absolute Gasteiger partial charge is 0.378 e. The van der Waals surface area contributed by atoms with Gasteiger partial charge in [0.25, 0.3) is 0 Å². The molecule has 2 fully saturated rings. The first-order valence-electron chi connectivity index (χ1n) is 6.51. The zero-order valence-corrected chi connectivity index (χ0v) is 13.4. The molecule has 0 aromatic heterocycles. The standard InChI is InChI=1S/C13H21Cl3O2/c1-11(2,3)10(9-5-4-7-17-9)13(16)12(14,15)6-8-18-13/h9-10H,4-8H2,1-3H3. The van der Waals surface area contributed by atoms with Crippen LogP contribution in [0, 0.1) is 11.3 Å². The lowest BCUT2D eigenvalue weighted by atomic mass is 9.72. The quantitative estimate of drug-likeness (QED) is 0.705. The van der Waals surface area contributed by atoms with Gasteiger partial charge in [-0.3, -0.25) is 0 Å². The van der Waals surface area contributed by atoms with Crippen molar-refractivity contribution in [2.24, 2.45) is 11.3 Å². The van der Waals surface area contributed by atoms with E-state index in [4.69, 9.17) is 44.3 Å². The van der Waals surface area contributed by atoms with Crippen molar-refractivity contribution in [3.8, 4) is 0 Å². The molecule has 0 aliphatic carbocycles. The number of ether oxygens (including phenoxy) is 2. The predicted octanol–water partition coefficient (Wildman–Crippen LogP) is 4.36. The average Bonchev–Trinajstić information content (AvgIpc) is 2.75. The molecule has 3 unspecified atom stereocenters. The third kappa shape index (κ3) is 2.52. The van der Waals surface area contributed by atoms with Crippen LogP contribution in [0.3, 0.4) is 0 Å². The molecule has 2 rings (SSSR count). The molecule has 2 saturated heterocycles. The summed E-state index contributed by atoms with van der Waals surface area (Å²) in [6.07, 6.45) is 2.67. The lowest BCUT2D eigenvalue weighted by Gasteiger charge is -2.46. The van der Waals surface area contributed by atoms with E-state index in [1.54, 1.807) is 0 Å². The predicted molar refractivity (Wildman–Crippen MR) is 75.5 cm³/mol. The van der Waals surface area contributed by atoms with Gasteiger partial charge in [-0.2, -0.15) is 0 Å². The molecule has 5 heteroatoms. The van der Waals surface area contributed by atoms with Gasteiger partial charge in [-0.15, -0.1) is 0 Å². The van der Waals surface area contributed by atoms with E-state index in [1.807, 2.05) is 0 Å². The summed E-state index contributed by atoms with van der Waals surface area (Å²) >= 11 is 19.5. The smallest absolute Gasteiger partial charge is 0.180 e. The highest BCUT2D eigenvalue weighted by Crippen LogP contribution is 2.58. The summed E-state index contributed by atoms with van der Waals surface area (Å²) in [6.45, 7) is 7.68. The second kappa shape index (κ2) is 4.96. The van der Waals surface area contributed by atoms with Gasteiger partial charge in [-0.1, -0.05) is 55.6 Å². The minimum absolute atomic E-state index is 0.0355. The van der Waals surface area contributed by atoms with E-state index in [2.05, 4.69) is 20.8 Å². The Balaban J connectivity index is 2.34. The molecule has 3 atom stereocenters. The highest BCUT2D eigenvalue weighted by Gasteiger charge is 2.63. The summed E-state index contributed by atoms with van der Waals surface area (Å²) in [6, 6.07) is 0. The fraction of sp³-hybridized carbons (Fsp3) is 1.00. The van der Waals surface area contributed by atoms with E-state index in [-0.39, 0.29) is 17.4 Å². The Morgan fingerprint density at radius 1 is 1.17 bits per heavy atom. The maximum atomic E-state index is 6.73. The summed E-state index contributed by atoms with van der Waals surface area (Å²) in [5.74, 6) is -0.0355. The SMILES string of the molecule is CC(C)(C)C(C1CCCO1)C1(Cl)OCCC1(Cl)Cl. The van der Waals surface area contributed by atoms with Crippen LogP contribution in [0.15, 0.2) is 0 Å². The Morgan fingerprint density at radius 2 is 1.83 bits per heavy atom. The minimum Gasteiger partial charge on any atom is -0.378 e. The number of rotatable bonds is 2. The molecule has 2 nitrogen and oxygen atoms in total. The summed E-state index contributed by atoms with van der Waals surface area (Å²) < 4.78 is 10.6. The van der Waals surface area contributed by atoms with E-state index in [0.717, 1.165) is 19.4 Å². The van der Waals surface area contributed by atoms with Crippen LogP contribution in [0.25, 0.3) is 0 Å². The van der Waals surface area contributed by atoms with Crippen LogP contribution < -0.4 is 0 Å². The van der Waals surface area contributed by atoms with Crippen molar-refractivity contribution in [3.05, 3.63) is 0 Å². The molecule has 2 aliphatic heterocycles. The zero-order chi connectivity index (χ0) is 13.6. The summed E-state index contributed by atoms with van der Waals surface area (Å²) in [4.78, 5) is 0. The molecular formula is C13H21Cl3O2. The first-order valence-corrected chi connectivity index (χ1v) is 7.64. The number of hydrogen-bond acceptors (Lipinski definition) is 2. The molecule has 0 N–H and O–H groups in total. The Morgan fingerprint density at radius 3 is 2.22 bits per heavy atom. The Bertz CT molecular complexity index is 308. The van der Waals surface area contributed by atoms with E-state index < -0.39 is 9.39 Å². The van der Waals surface area contributed by atoms with E-state index in [0.29, 0.717) is 13.0 Å². The molecule has 0 spiro atoms. The van der Waals surface area contributed by atoms with Crippen LogP contribution in [-0.4, -0.2) is 28.7 Å². The van der Waals surface area contributed by atoms with Gasteiger partial charge in [0.1, 0.15) is 0 Å². The van der Waals surface area contributed by atoms with Crippen molar-refractivity contribution < 1.29 is 9.47 Å². The molecule has 0 aromatic carbocycles. The summed E-state index contributed by atoms with van der Waals surface area (Å²) in [5, 5.41) is -1.07. The molecule has 106 valence electrons. The Kier molecular flexibility index (Phi) is 4.19. The molecule has 2 aliphatic rings. The molecular weight excluding hydrogens is 294 g/mol. The third-order valence-corrected chi connectivity index (χ3v) is 5.70. The van der Waals surface area contributed by atoms with Crippen LogP contribution in [-0.2, 0) is 9.47 Å². The van der Waals surface area contributed by atoms with E-state index in [9.17, 15) is 0 Å². The number of alkyl halides is 3. The van der Waals surface area contributed by atoms with E-state index >= 15 is 0 Å². The van der Waals surface area contributed by atoms with Gasteiger partial charge >= 0.3 is 0 Å². The van der Waals surface area contributed by atoms with Crippen molar-refractivity contribution in [2.75, 3.05) is 13.2 Å². The Labute approximate surface area is 124 Å². The van der Waals surface area contributed by atoms with Crippen molar-refractivity contribution in [1.29, 1.82) is 0 Å². The molecule has 0 amide bonds. The van der Waals surface area contributed by atoms with Gasteiger partial charge in [0, 0.05) is 18.9 Å². The zero-order valence-electron chi connectivity index (χ0n) is 11.1. The fourth-order valence-electron chi connectivity index (χ4n) is 3.14. The lowest BCUT2D eigenvalue weighted by molar-refractivity contribution is -0.0877. The maximum absolute atomic E-state index is 6.73. The molecule has 0 bridgehead atoms. The van der Waals surface area contributed by atoms with Gasteiger partial charge in [-0.05, 0) is 18.3 Å². The lowest BCUT2D eigenvalue weighted by Crippen LogP contribution is -2.54. The first-order chi connectivity index (χ1) is 8.18. The summed E-state index contributed by atoms with van der Waals surface area (Å²) in [5.41, 5.74) is -0.0872. The average molecular weight is 316 g/mol. The van der Waals surface area contributed by atoms with Crippen molar-refractivity contribution in [3.63, 3.8) is 0 Å². The van der Waals surface area contributed by atoms with Crippen LogP contribution >= 0.6 is 34.8 Å². The Hall–Kier alpha value is 0.790. The molecule has 18 heavy (non-hydrogen) atoms. The second-order valence-electron chi connectivity index (χ2n) is 6.34. The monoisotopic (exact) mass is 314 g/mol. The van der Waals surface area contributed by atoms with Crippen molar-refractivity contribution in [1.82, 2.24) is 0 Å². The van der Waals surface area contributed by atoms with Gasteiger partial charge < -0.3 is 9.47 Å². The van der Waals surface area contributed by atoms with Crippen molar-refractivity contribution in [2.45, 2.75) is 55.5 Å². The van der Waals surface area contributed by atoms with Gasteiger partial charge in [-0.25, -0.2) is 0 Å². The minimum atomic E-state index is -1.07. The molecule has 0 saturated carbocycles.